The first-order valence-corrected chi connectivity index (χ1v) is 10.7. The number of carboxylic acids is 1. The molecule has 2 aromatic heterocycles. The molecule has 4 rings (SSSR count). The van der Waals surface area contributed by atoms with Gasteiger partial charge in [0.15, 0.2) is 0 Å². The van der Waals surface area contributed by atoms with Crippen molar-refractivity contribution in [2.75, 3.05) is 11.1 Å². The number of thioether (sulfide) groups is 1. The van der Waals surface area contributed by atoms with Gasteiger partial charge in [-0.1, -0.05) is 12.1 Å². The number of amides is 1. The molecular weight excluding hydrogens is 445 g/mol. The van der Waals surface area contributed by atoms with Crippen LogP contribution in [0.4, 0.5) is 18.9 Å². The number of aryl methyl sites for hydroxylation is 1. The maximum absolute atomic E-state index is 12.1. The molecule has 0 atom stereocenters. The summed E-state index contributed by atoms with van der Waals surface area (Å²) in [5.41, 5.74) is 6.59. The van der Waals surface area contributed by atoms with Crippen LogP contribution in [0, 0.1) is 6.92 Å². The van der Waals surface area contributed by atoms with Crippen molar-refractivity contribution in [1.82, 2.24) is 14.7 Å². The van der Waals surface area contributed by atoms with Crippen LogP contribution in [-0.2, 0) is 28.4 Å². The number of benzene rings is 1. The molecule has 0 unspecified atom stereocenters. The number of anilines is 1. The molecule has 1 aliphatic heterocycles. The number of imidazole rings is 1. The van der Waals surface area contributed by atoms with Crippen molar-refractivity contribution in [2.24, 2.45) is 0 Å². The zero-order chi connectivity index (χ0) is 23.3. The Morgan fingerprint density at radius 2 is 1.91 bits per heavy atom. The zero-order valence-corrected chi connectivity index (χ0v) is 17.9. The molecule has 0 saturated carbocycles. The van der Waals surface area contributed by atoms with Gasteiger partial charge in [-0.3, -0.25) is 4.79 Å². The summed E-state index contributed by atoms with van der Waals surface area (Å²) in [6.07, 6.45) is -0.993. The molecule has 0 bridgehead atoms. The highest BCUT2D eigenvalue weighted by atomic mass is 32.2. The fourth-order valence-corrected chi connectivity index (χ4v) is 3.75. The number of nitrogens with one attached hydrogen (secondary N) is 2. The second-order valence-corrected chi connectivity index (χ2v) is 8.12. The number of fused-ring (bicyclic) bond motifs is 2. The van der Waals surface area contributed by atoms with Gasteiger partial charge in [-0.05, 0) is 41.8 Å². The predicted molar refractivity (Wildman–Crippen MR) is 115 cm³/mol. The highest BCUT2D eigenvalue weighted by Crippen LogP contribution is 2.20. The Morgan fingerprint density at radius 1 is 1.19 bits per heavy atom. The van der Waals surface area contributed by atoms with Gasteiger partial charge in [-0.2, -0.15) is 13.2 Å². The van der Waals surface area contributed by atoms with Gasteiger partial charge in [0, 0.05) is 36.9 Å². The summed E-state index contributed by atoms with van der Waals surface area (Å²) in [7, 11) is 0. The van der Waals surface area contributed by atoms with E-state index in [4.69, 9.17) is 9.90 Å². The number of carbonyl (C=O) groups is 2. The smallest absolute Gasteiger partial charge is 0.475 e. The summed E-state index contributed by atoms with van der Waals surface area (Å²) >= 11 is 1.58. The van der Waals surface area contributed by atoms with Crippen LogP contribution in [0.1, 0.15) is 22.4 Å². The summed E-state index contributed by atoms with van der Waals surface area (Å²) < 4.78 is 33.8. The van der Waals surface area contributed by atoms with Gasteiger partial charge in [-0.25, -0.2) is 9.78 Å². The van der Waals surface area contributed by atoms with Crippen LogP contribution in [0.2, 0.25) is 0 Å². The summed E-state index contributed by atoms with van der Waals surface area (Å²) in [5.74, 6) is -1.59. The molecular formula is C21H21F3N4O3S. The van der Waals surface area contributed by atoms with Gasteiger partial charge in [0.1, 0.15) is 5.65 Å². The quantitative estimate of drug-likeness (QED) is 0.530. The number of nitrogens with zero attached hydrogens (tertiary/aromatic N) is 2. The first kappa shape index (κ1) is 23.6. The Bertz CT molecular complexity index is 1130. The lowest BCUT2D eigenvalue weighted by Crippen LogP contribution is -2.21. The van der Waals surface area contributed by atoms with Gasteiger partial charge in [0.25, 0.3) is 0 Å². The molecule has 0 aliphatic carbocycles. The lowest BCUT2D eigenvalue weighted by atomic mass is 10.1. The third-order valence-electron chi connectivity index (χ3n) is 4.50. The predicted octanol–water partition coefficient (Wildman–Crippen LogP) is 3.75. The molecule has 3 aromatic rings. The minimum atomic E-state index is -5.08. The molecule has 1 aliphatic rings. The number of rotatable bonds is 5. The number of carbonyl (C=O) groups excluding carboxylic acids is 1. The van der Waals surface area contributed by atoms with E-state index in [1.807, 2.05) is 22.7 Å². The van der Waals surface area contributed by atoms with E-state index < -0.39 is 12.1 Å². The lowest BCUT2D eigenvalue weighted by molar-refractivity contribution is -0.192. The first-order chi connectivity index (χ1) is 15.1. The Hall–Kier alpha value is -3.05. The Kier molecular flexibility index (Phi) is 7.41. The van der Waals surface area contributed by atoms with E-state index in [0.717, 1.165) is 35.9 Å². The van der Waals surface area contributed by atoms with E-state index in [0.29, 0.717) is 5.75 Å². The average molecular weight is 466 g/mol. The van der Waals surface area contributed by atoms with E-state index >= 15 is 0 Å². The summed E-state index contributed by atoms with van der Waals surface area (Å²) in [6, 6.07) is 10.2. The van der Waals surface area contributed by atoms with Crippen LogP contribution in [0.15, 0.2) is 42.7 Å². The van der Waals surface area contributed by atoms with Crippen LogP contribution in [0.5, 0.6) is 0 Å². The van der Waals surface area contributed by atoms with Crippen LogP contribution >= 0.6 is 11.8 Å². The number of pyridine rings is 1. The summed E-state index contributed by atoms with van der Waals surface area (Å²) in [4.78, 5) is 25.6. The fourth-order valence-electron chi connectivity index (χ4n) is 3.04. The average Bonchev–Trinajstić information content (AvgIpc) is 3.33. The summed E-state index contributed by atoms with van der Waals surface area (Å²) in [6.45, 7) is 3.85. The largest absolute Gasteiger partial charge is 0.490 e. The molecule has 170 valence electrons. The number of alkyl halides is 3. The van der Waals surface area contributed by atoms with E-state index in [-0.39, 0.29) is 5.91 Å². The highest BCUT2D eigenvalue weighted by Gasteiger charge is 2.38. The summed E-state index contributed by atoms with van der Waals surface area (Å²) in [5, 5.41) is 13.4. The van der Waals surface area contributed by atoms with Crippen molar-refractivity contribution in [3.8, 4) is 0 Å². The number of halogens is 3. The Balaban J connectivity index is 0.000000360. The molecule has 11 heteroatoms. The van der Waals surface area contributed by atoms with E-state index in [1.165, 1.54) is 16.7 Å². The number of aromatic nitrogens is 2. The molecule has 0 radical (unpaired) electrons. The van der Waals surface area contributed by atoms with Gasteiger partial charge in [-0.15, -0.1) is 11.8 Å². The molecule has 0 spiro atoms. The number of aliphatic carboxylic acids is 1. The second kappa shape index (κ2) is 10.0. The normalized spacial score (nSPS) is 12.8. The molecule has 1 aromatic carbocycles. The second-order valence-electron chi connectivity index (χ2n) is 7.14. The van der Waals surface area contributed by atoms with Crippen LogP contribution in [0.25, 0.3) is 5.65 Å². The van der Waals surface area contributed by atoms with Gasteiger partial charge in [0.05, 0.1) is 11.4 Å². The van der Waals surface area contributed by atoms with Crippen LogP contribution in [-0.4, -0.2) is 38.3 Å². The van der Waals surface area contributed by atoms with Crippen molar-refractivity contribution in [3.63, 3.8) is 0 Å². The van der Waals surface area contributed by atoms with Gasteiger partial charge >= 0.3 is 12.1 Å². The standard InChI is InChI=1S/C19H20N4OS.C2HF3O2/c1-13-2-5-18-21-17(10-23(18)9-13)11-25-12-19(24)22-16-4-3-14-7-20-8-15(14)6-16;3-2(4,5)1(6)7/h2-6,9-10,20H,7-8,11-12H2,1H3,(H,22,24);(H,6,7). The molecule has 0 saturated heterocycles. The van der Waals surface area contributed by atoms with Crippen molar-refractivity contribution >= 4 is 35.0 Å². The van der Waals surface area contributed by atoms with Crippen LogP contribution in [0.3, 0.4) is 0 Å². The third-order valence-corrected chi connectivity index (χ3v) is 5.46. The van der Waals surface area contributed by atoms with E-state index in [9.17, 15) is 18.0 Å². The van der Waals surface area contributed by atoms with Crippen molar-refractivity contribution < 1.29 is 27.9 Å². The maximum atomic E-state index is 12.1. The zero-order valence-electron chi connectivity index (χ0n) is 17.1. The Morgan fingerprint density at radius 3 is 2.62 bits per heavy atom. The molecule has 0 fully saturated rings. The maximum Gasteiger partial charge on any atom is 0.490 e. The van der Waals surface area contributed by atoms with E-state index in [2.05, 4.69) is 46.9 Å². The minimum absolute atomic E-state index is 0.0236. The van der Waals surface area contributed by atoms with Gasteiger partial charge in [0.2, 0.25) is 5.91 Å². The molecule has 1 amide bonds. The minimum Gasteiger partial charge on any atom is -0.475 e. The number of carboxylic acid groups (broad SMARTS) is 1. The SMILES string of the molecule is Cc1ccc2nc(CSCC(=O)Nc3ccc4c(c3)CNC4)cn2c1.O=C(O)C(F)(F)F. The molecule has 3 heterocycles. The third kappa shape index (κ3) is 6.47. The van der Waals surface area contributed by atoms with Crippen molar-refractivity contribution in [3.05, 3.63) is 65.1 Å². The molecule has 3 N–H and O–H groups in total. The topological polar surface area (TPSA) is 95.7 Å². The monoisotopic (exact) mass is 466 g/mol. The fraction of sp³-hybridized carbons (Fsp3) is 0.286. The number of hydrogen-bond acceptors (Lipinski definition) is 5. The van der Waals surface area contributed by atoms with Crippen molar-refractivity contribution in [1.29, 1.82) is 0 Å². The van der Waals surface area contributed by atoms with Crippen LogP contribution < -0.4 is 10.6 Å². The number of hydrogen-bond donors (Lipinski definition) is 3. The lowest BCUT2D eigenvalue weighted by Gasteiger charge is -2.06. The van der Waals surface area contributed by atoms with E-state index in [1.54, 1.807) is 11.8 Å². The molecule has 32 heavy (non-hydrogen) atoms. The highest BCUT2D eigenvalue weighted by molar-refractivity contribution is 7.99. The molecule has 7 nitrogen and oxygen atoms in total. The first-order valence-electron chi connectivity index (χ1n) is 9.56. The Labute approximate surface area is 186 Å². The van der Waals surface area contributed by atoms with Gasteiger partial charge < -0.3 is 20.1 Å². The van der Waals surface area contributed by atoms with Crippen molar-refractivity contribution in [2.45, 2.75) is 31.9 Å².